The van der Waals surface area contributed by atoms with E-state index in [4.69, 9.17) is 37.6 Å². The number of carbonyl (C=O) groups is 1. The lowest BCUT2D eigenvalue weighted by atomic mass is 9.86. The molecule has 1 fully saturated rings. The molecule has 240 valence electrons. The number of methoxy groups -OCH3 is 2. The molecule has 1 heterocycles. The van der Waals surface area contributed by atoms with Gasteiger partial charge in [0.15, 0.2) is 0 Å². The molecule has 0 aromatic heterocycles. The molecular weight excluding hydrogens is 568 g/mol. The number of benzene rings is 2. The second kappa shape index (κ2) is 18.6. The SMILES string of the molecule is COCCOCOCC[C@@H]1[C@@H](CO[Si](c2ccccc2)(c2ccccc2)C(C)(C)C)OC(=O)[C@@H]1CCOCOCCOC. The Balaban J connectivity index is 1.76. The monoisotopic (exact) mass is 618 g/mol. The Morgan fingerprint density at radius 1 is 0.698 bits per heavy atom. The van der Waals surface area contributed by atoms with Crippen molar-refractivity contribution in [3.63, 3.8) is 0 Å². The van der Waals surface area contributed by atoms with Crippen LogP contribution in [0.25, 0.3) is 0 Å². The number of esters is 1. The molecule has 2 aromatic rings. The van der Waals surface area contributed by atoms with E-state index >= 15 is 0 Å². The molecular formula is C33H50O9Si. The van der Waals surface area contributed by atoms with Gasteiger partial charge in [0.25, 0.3) is 8.32 Å². The van der Waals surface area contributed by atoms with Gasteiger partial charge in [0, 0.05) is 26.7 Å². The molecule has 0 radical (unpaired) electrons. The van der Waals surface area contributed by atoms with Gasteiger partial charge in [0.1, 0.15) is 19.7 Å². The molecule has 3 atom stereocenters. The predicted octanol–water partition coefficient (Wildman–Crippen LogP) is 3.78. The van der Waals surface area contributed by atoms with Crippen LogP contribution in [0.1, 0.15) is 33.6 Å². The summed E-state index contributed by atoms with van der Waals surface area (Å²) in [6.45, 7) is 10.1. The Morgan fingerprint density at radius 3 is 1.67 bits per heavy atom. The lowest BCUT2D eigenvalue weighted by Gasteiger charge is -2.43. The van der Waals surface area contributed by atoms with Crippen LogP contribution in [0, 0.1) is 11.8 Å². The lowest BCUT2D eigenvalue weighted by molar-refractivity contribution is -0.146. The smallest absolute Gasteiger partial charge is 0.309 e. The minimum Gasteiger partial charge on any atom is -0.459 e. The van der Waals surface area contributed by atoms with Crippen molar-refractivity contribution in [3.8, 4) is 0 Å². The van der Waals surface area contributed by atoms with Crippen molar-refractivity contribution in [1.82, 2.24) is 0 Å². The fourth-order valence-electron chi connectivity index (χ4n) is 5.67. The molecule has 0 unspecified atom stereocenters. The summed E-state index contributed by atoms with van der Waals surface area (Å²) < 4.78 is 45.5. The van der Waals surface area contributed by atoms with Crippen LogP contribution in [0.5, 0.6) is 0 Å². The van der Waals surface area contributed by atoms with Gasteiger partial charge < -0.3 is 37.6 Å². The van der Waals surface area contributed by atoms with E-state index in [0.717, 1.165) is 0 Å². The summed E-state index contributed by atoms with van der Waals surface area (Å²) in [6, 6.07) is 21.0. The molecule has 43 heavy (non-hydrogen) atoms. The van der Waals surface area contributed by atoms with Crippen molar-refractivity contribution in [2.75, 3.05) is 74.1 Å². The number of carbonyl (C=O) groups excluding carboxylic acids is 1. The topological polar surface area (TPSA) is 90.9 Å². The molecule has 0 amide bonds. The quantitative estimate of drug-likeness (QED) is 0.0898. The summed E-state index contributed by atoms with van der Waals surface area (Å²) in [7, 11) is 0.455. The van der Waals surface area contributed by atoms with Gasteiger partial charge in [-0.25, -0.2) is 0 Å². The summed E-state index contributed by atoms with van der Waals surface area (Å²) in [5, 5.41) is 2.18. The second-order valence-electron chi connectivity index (χ2n) is 11.7. The van der Waals surface area contributed by atoms with E-state index in [1.807, 2.05) is 12.1 Å². The van der Waals surface area contributed by atoms with Crippen molar-refractivity contribution in [2.24, 2.45) is 11.8 Å². The number of hydrogen-bond donors (Lipinski definition) is 0. The van der Waals surface area contributed by atoms with Crippen molar-refractivity contribution < 1.29 is 42.4 Å². The van der Waals surface area contributed by atoms with Crippen LogP contribution in [-0.4, -0.2) is 94.4 Å². The Hall–Kier alpha value is -2.15. The van der Waals surface area contributed by atoms with Crippen LogP contribution < -0.4 is 10.4 Å². The zero-order chi connectivity index (χ0) is 31.0. The van der Waals surface area contributed by atoms with Gasteiger partial charge in [0.2, 0.25) is 0 Å². The third-order valence-corrected chi connectivity index (χ3v) is 12.8. The first-order chi connectivity index (χ1) is 20.8. The van der Waals surface area contributed by atoms with Crippen LogP contribution in [0.2, 0.25) is 5.04 Å². The number of ether oxygens (including phenoxy) is 7. The minimum absolute atomic E-state index is 0.0947. The van der Waals surface area contributed by atoms with Crippen LogP contribution in [0.3, 0.4) is 0 Å². The highest BCUT2D eigenvalue weighted by Crippen LogP contribution is 2.39. The molecule has 1 aliphatic rings. The van der Waals surface area contributed by atoms with E-state index < -0.39 is 14.4 Å². The van der Waals surface area contributed by atoms with Crippen molar-refractivity contribution >= 4 is 24.7 Å². The van der Waals surface area contributed by atoms with Crippen molar-refractivity contribution in [1.29, 1.82) is 0 Å². The van der Waals surface area contributed by atoms with Gasteiger partial charge in [-0.3, -0.25) is 4.79 Å². The first-order valence-corrected chi connectivity index (χ1v) is 17.0. The van der Waals surface area contributed by atoms with E-state index in [1.165, 1.54) is 10.4 Å². The van der Waals surface area contributed by atoms with Crippen LogP contribution in [0.4, 0.5) is 0 Å². The van der Waals surface area contributed by atoms with Gasteiger partial charge in [0.05, 0.1) is 45.6 Å². The third-order valence-electron chi connectivity index (χ3n) is 7.81. The molecule has 1 aliphatic heterocycles. The highest BCUT2D eigenvalue weighted by Gasteiger charge is 2.52. The van der Waals surface area contributed by atoms with Crippen molar-refractivity contribution in [2.45, 2.75) is 44.8 Å². The van der Waals surface area contributed by atoms with Gasteiger partial charge in [-0.15, -0.1) is 0 Å². The van der Waals surface area contributed by atoms with E-state index in [-0.39, 0.29) is 36.4 Å². The summed E-state index contributed by atoms with van der Waals surface area (Å²) >= 11 is 0. The Kier molecular flexibility index (Phi) is 15.3. The molecule has 9 nitrogen and oxygen atoms in total. The fourth-order valence-corrected chi connectivity index (χ4v) is 10.2. The maximum Gasteiger partial charge on any atom is 0.309 e. The van der Waals surface area contributed by atoms with E-state index in [2.05, 4.69) is 69.3 Å². The maximum absolute atomic E-state index is 13.2. The predicted molar refractivity (Wildman–Crippen MR) is 167 cm³/mol. The zero-order valence-electron chi connectivity index (χ0n) is 26.5. The molecule has 0 N–H and O–H groups in total. The molecule has 3 rings (SSSR count). The Morgan fingerprint density at radius 2 is 1.19 bits per heavy atom. The standard InChI is InChI=1S/C33H50O9Si/c1-33(2,3)43(27-12-8-6-9-13-27,28-14-10-7-11-15-28)41-24-31-29(16-18-37-25-39-22-20-35-4)30(32(34)42-31)17-19-38-26-40-23-21-36-5/h6-15,29-31H,16-26H2,1-5H3/t29-,30+,31+/m0/s1. The van der Waals surface area contributed by atoms with E-state index in [9.17, 15) is 4.79 Å². The summed E-state index contributed by atoms with van der Waals surface area (Å²) in [4.78, 5) is 13.2. The number of hydrogen-bond acceptors (Lipinski definition) is 9. The third kappa shape index (κ3) is 10.2. The lowest BCUT2D eigenvalue weighted by Crippen LogP contribution is -2.67. The average Bonchev–Trinajstić information content (AvgIpc) is 3.30. The van der Waals surface area contributed by atoms with Gasteiger partial charge in [-0.2, -0.15) is 0 Å². The van der Waals surface area contributed by atoms with Gasteiger partial charge >= 0.3 is 5.97 Å². The molecule has 0 aliphatic carbocycles. The van der Waals surface area contributed by atoms with E-state index in [0.29, 0.717) is 59.1 Å². The average molecular weight is 619 g/mol. The van der Waals surface area contributed by atoms with Gasteiger partial charge in [-0.05, 0) is 28.3 Å². The van der Waals surface area contributed by atoms with Crippen LogP contribution >= 0.6 is 0 Å². The molecule has 0 spiro atoms. The van der Waals surface area contributed by atoms with Gasteiger partial charge in [-0.1, -0.05) is 81.4 Å². The summed E-state index contributed by atoms with van der Waals surface area (Å²) in [6.07, 6.45) is 0.746. The molecule has 0 bridgehead atoms. The zero-order valence-corrected chi connectivity index (χ0v) is 27.5. The maximum atomic E-state index is 13.2. The summed E-state index contributed by atoms with van der Waals surface area (Å²) in [5.74, 6) is -0.645. The minimum atomic E-state index is -2.80. The van der Waals surface area contributed by atoms with Crippen LogP contribution in [0.15, 0.2) is 60.7 Å². The van der Waals surface area contributed by atoms with E-state index in [1.54, 1.807) is 14.2 Å². The largest absolute Gasteiger partial charge is 0.459 e. The number of rotatable bonds is 21. The van der Waals surface area contributed by atoms with Crippen molar-refractivity contribution in [3.05, 3.63) is 60.7 Å². The fraction of sp³-hybridized carbons (Fsp3) is 0.606. The Bertz CT molecular complexity index is 992. The first-order valence-electron chi connectivity index (χ1n) is 15.1. The Labute approximate surface area is 258 Å². The highest BCUT2D eigenvalue weighted by atomic mass is 28.4. The highest BCUT2D eigenvalue weighted by molar-refractivity contribution is 6.99. The van der Waals surface area contributed by atoms with Crippen LogP contribution in [-0.2, 0) is 42.4 Å². The molecule has 0 saturated carbocycles. The molecule has 10 heteroatoms. The summed E-state index contributed by atoms with van der Waals surface area (Å²) in [5.41, 5.74) is 0. The molecule has 1 saturated heterocycles. The second-order valence-corrected chi connectivity index (χ2v) is 16.0. The first kappa shape index (κ1) is 35.3. The normalized spacial score (nSPS) is 19.1. The number of cyclic esters (lactones) is 1. The molecule has 2 aromatic carbocycles.